The van der Waals surface area contributed by atoms with Gasteiger partial charge in [0, 0.05) is 31.0 Å². The summed E-state index contributed by atoms with van der Waals surface area (Å²) >= 11 is 0. The zero-order valence-corrected chi connectivity index (χ0v) is 21.1. The normalized spacial score (nSPS) is 21.2. The maximum atomic E-state index is 13.3. The third-order valence-corrected chi connectivity index (χ3v) is 7.17. The number of hydrogen-bond donors (Lipinski definition) is 1. The summed E-state index contributed by atoms with van der Waals surface area (Å²) in [4.78, 5) is 27.1. The molecule has 0 spiro atoms. The molecule has 36 heavy (non-hydrogen) atoms. The number of nitrogens with zero attached hydrogens (tertiary/aromatic N) is 3. The maximum absolute atomic E-state index is 13.3. The van der Waals surface area contributed by atoms with E-state index in [0.717, 1.165) is 35.2 Å². The number of aliphatic hydroxyl groups is 1. The fourth-order valence-corrected chi connectivity index (χ4v) is 5.16. The number of aromatic nitrogens is 2. The van der Waals surface area contributed by atoms with Gasteiger partial charge in [-0.2, -0.15) is 5.10 Å². The number of carbonyl (C=O) groups excluding carboxylic acids is 1. The zero-order chi connectivity index (χ0) is 25.5. The van der Waals surface area contributed by atoms with E-state index in [2.05, 4.69) is 5.10 Å². The van der Waals surface area contributed by atoms with Gasteiger partial charge in [0.2, 0.25) is 0 Å². The van der Waals surface area contributed by atoms with Gasteiger partial charge >= 0.3 is 6.09 Å². The van der Waals surface area contributed by atoms with Crippen LogP contribution in [0.25, 0.3) is 11.3 Å². The molecule has 7 heteroatoms. The van der Waals surface area contributed by atoms with Gasteiger partial charge < -0.3 is 14.7 Å². The number of hydrogen-bond acceptors (Lipinski definition) is 5. The summed E-state index contributed by atoms with van der Waals surface area (Å²) in [6, 6.07) is 21.0. The Hall–Kier alpha value is -3.45. The molecular weight excluding hydrogens is 454 g/mol. The van der Waals surface area contributed by atoms with Gasteiger partial charge in [0.05, 0.1) is 23.4 Å². The fraction of sp³-hybridized carbons (Fsp3) is 0.414. The van der Waals surface area contributed by atoms with Crippen LogP contribution in [0.4, 0.5) is 4.79 Å². The molecule has 1 aliphatic heterocycles. The smallest absolute Gasteiger partial charge is 0.411 e. The van der Waals surface area contributed by atoms with Crippen LogP contribution in [-0.2, 0) is 10.3 Å². The first kappa shape index (κ1) is 24.3. The molecule has 2 atom stereocenters. The molecule has 2 heterocycles. The average molecular weight is 488 g/mol. The van der Waals surface area contributed by atoms with E-state index in [4.69, 9.17) is 4.74 Å². The molecule has 2 unspecified atom stereocenters. The molecule has 1 N–H and O–H groups in total. The standard InChI is InChI=1S/C29H33N3O4/c1-20(21-9-11-22(12-10-21)25-15-16-26(33)32(30-25)24-13-14-24)31-18-17-29(36-27(31)34,19-28(2,3)35)23-7-5-4-6-8-23/h4-12,15-16,20,24,35H,13-14,17-19H2,1-3H3. The predicted octanol–water partition coefficient (Wildman–Crippen LogP) is 5.21. The molecule has 2 fully saturated rings. The van der Waals surface area contributed by atoms with Crippen LogP contribution < -0.4 is 5.56 Å². The second-order valence-electron chi connectivity index (χ2n) is 10.7. The molecule has 1 aromatic heterocycles. The molecule has 5 rings (SSSR count). The van der Waals surface area contributed by atoms with Crippen LogP contribution >= 0.6 is 0 Å². The van der Waals surface area contributed by atoms with Crippen molar-refractivity contribution >= 4 is 6.09 Å². The van der Waals surface area contributed by atoms with E-state index >= 15 is 0 Å². The van der Waals surface area contributed by atoms with Crippen LogP contribution in [-0.4, -0.2) is 38.0 Å². The van der Waals surface area contributed by atoms with Crippen molar-refractivity contribution in [1.82, 2.24) is 14.7 Å². The Morgan fingerprint density at radius 2 is 1.75 bits per heavy atom. The van der Waals surface area contributed by atoms with E-state index in [9.17, 15) is 14.7 Å². The highest BCUT2D eigenvalue weighted by Gasteiger charge is 2.46. The minimum absolute atomic E-state index is 0.0636. The van der Waals surface area contributed by atoms with Crippen LogP contribution in [0.3, 0.4) is 0 Å². The fourth-order valence-electron chi connectivity index (χ4n) is 5.16. The number of amides is 1. The topological polar surface area (TPSA) is 84.7 Å². The molecule has 2 aliphatic rings. The molecule has 1 saturated heterocycles. The van der Waals surface area contributed by atoms with Crippen molar-refractivity contribution in [2.24, 2.45) is 0 Å². The molecule has 188 valence electrons. The van der Waals surface area contributed by atoms with Crippen molar-refractivity contribution in [2.45, 2.75) is 69.7 Å². The highest BCUT2D eigenvalue weighted by Crippen LogP contribution is 2.42. The summed E-state index contributed by atoms with van der Waals surface area (Å²) in [5, 5.41) is 15.1. The first-order valence-corrected chi connectivity index (χ1v) is 12.6. The zero-order valence-electron chi connectivity index (χ0n) is 21.1. The van der Waals surface area contributed by atoms with Crippen LogP contribution in [0.2, 0.25) is 0 Å². The first-order valence-electron chi connectivity index (χ1n) is 12.6. The largest absolute Gasteiger partial charge is 0.438 e. The van der Waals surface area contributed by atoms with E-state index < -0.39 is 11.2 Å². The van der Waals surface area contributed by atoms with Crippen molar-refractivity contribution in [2.75, 3.05) is 6.54 Å². The summed E-state index contributed by atoms with van der Waals surface area (Å²) in [7, 11) is 0. The molecule has 3 aromatic rings. The first-order chi connectivity index (χ1) is 17.2. The molecule has 0 bridgehead atoms. The second-order valence-corrected chi connectivity index (χ2v) is 10.7. The lowest BCUT2D eigenvalue weighted by atomic mass is 9.80. The Kier molecular flexibility index (Phi) is 6.20. The van der Waals surface area contributed by atoms with Gasteiger partial charge in [-0.25, -0.2) is 9.48 Å². The molecule has 7 nitrogen and oxygen atoms in total. The van der Waals surface area contributed by atoms with Crippen LogP contribution in [0.5, 0.6) is 0 Å². The number of ether oxygens (including phenoxy) is 1. The lowest BCUT2D eigenvalue weighted by Crippen LogP contribution is -2.51. The lowest BCUT2D eigenvalue weighted by Gasteiger charge is -2.45. The molecule has 1 saturated carbocycles. The summed E-state index contributed by atoms with van der Waals surface area (Å²) in [6.45, 7) is 6.00. The van der Waals surface area contributed by atoms with Crippen molar-refractivity contribution in [3.8, 4) is 11.3 Å². The third-order valence-electron chi connectivity index (χ3n) is 7.17. The van der Waals surface area contributed by atoms with E-state index in [1.807, 2.05) is 61.5 Å². The summed E-state index contributed by atoms with van der Waals surface area (Å²) in [6.07, 6.45) is 2.52. The van der Waals surface area contributed by atoms with Crippen LogP contribution in [0.1, 0.15) is 69.7 Å². The van der Waals surface area contributed by atoms with E-state index in [1.54, 1.807) is 35.6 Å². The highest BCUT2D eigenvalue weighted by molar-refractivity contribution is 5.70. The van der Waals surface area contributed by atoms with Crippen molar-refractivity contribution in [3.63, 3.8) is 0 Å². The molecule has 1 amide bonds. The van der Waals surface area contributed by atoms with E-state index in [1.165, 1.54) is 0 Å². The monoisotopic (exact) mass is 487 g/mol. The van der Waals surface area contributed by atoms with E-state index in [0.29, 0.717) is 19.4 Å². The quantitative estimate of drug-likeness (QED) is 0.495. The van der Waals surface area contributed by atoms with Crippen LogP contribution in [0.15, 0.2) is 71.5 Å². The summed E-state index contributed by atoms with van der Waals surface area (Å²) < 4.78 is 7.71. The number of carbonyl (C=O) groups is 1. The van der Waals surface area contributed by atoms with Crippen molar-refractivity contribution in [1.29, 1.82) is 0 Å². The Balaban J connectivity index is 1.34. The molecule has 1 aliphatic carbocycles. The average Bonchev–Trinajstić information content (AvgIpc) is 3.69. The van der Waals surface area contributed by atoms with Gasteiger partial charge in [-0.05, 0) is 50.8 Å². The molecule has 0 radical (unpaired) electrons. The third kappa shape index (κ3) is 4.93. The van der Waals surface area contributed by atoms with E-state index in [-0.39, 0.29) is 23.7 Å². The van der Waals surface area contributed by atoms with Gasteiger partial charge in [0.15, 0.2) is 0 Å². The number of benzene rings is 2. The van der Waals surface area contributed by atoms with Gasteiger partial charge in [-0.3, -0.25) is 4.79 Å². The van der Waals surface area contributed by atoms with Crippen LogP contribution in [0, 0.1) is 0 Å². The Bertz CT molecular complexity index is 1290. The molecule has 2 aromatic carbocycles. The van der Waals surface area contributed by atoms with Crippen molar-refractivity contribution < 1.29 is 14.6 Å². The molecular formula is C29H33N3O4. The lowest BCUT2D eigenvalue weighted by molar-refractivity contribution is -0.101. The highest BCUT2D eigenvalue weighted by atomic mass is 16.6. The Labute approximate surface area is 211 Å². The Morgan fingerprint density at radius 1 is 1.06 bits per heavy atom. The number of rotatable bonds is 7. The van der Waals surface area contributed by atoms with Gasteiger partial charge in [0.25, 0.3) is 5.56 Å². The van der Waals surface area contributed by atoms with Gasteiger partial charge in [0.1, 0.15) is 5.60 Å². The maximum Gasteiger partial charge on any atom is 0.411 e. The number of cyclic esters (lactones) is 1. The minimum atomic E-state index is -0.990. The van der Waals surface area contributed by atoms with Crippen molar-refractivity contribution in [3.05, 3.63) is 88.2 Å². The SMILES string of the molecule is CC(c1ccc(-c2ccc(=O)n(C3CC3)n2)cc1)N1CCC(CC(C)(C)O)(c2ccccc2)OC1=O. The van der Waals surface area contributed by atoms with Gasteiger partial charge in [-0.15, -0.1) is 0 Å². The Morgan fingerprint density at radius 3 is 2.36 bits per heavy atom. The summed E-state index contributed by atoms with van der Waals surface area (Å²) in [5.74, 6) is 0. The second kappa shape index (κ2) is 9.21. The summed E-state index contributed by atoms with van der Waals surface area (Å²) in [5.41, 5.74) is 1.65. The predicted molar refractivity (Wildman–Crippen MR) is 137 cm³/mol. The minimum Gasteiger partial charge on any atom is -0.438 e. The van der Waals surface area contributed by atoms with Gasteiger partial charge in [-0.1, -0.05) is 54.6 Å².